The monoisotopic (exact) mass is 254 g/mol. The molecule has 0 saturated carbocycles. The molecule has 0 bridgehead atoms. The van der Waals surface area contributed by atoms with Gasteiger partial charge in [0.15, 0.2) is 0 Å². The second-order valence-electron chi connectivity index (χ2n) is 7.10. The van der Waals surface area contributed by atoms with Gasteiger partial charge in [-0.25, -0.2) is 0 Å². The van der Waals surface area contributed by atoms with Crippen LogP contribution in [0.2, 0.25) is 0 Å². The molecule has 0 aliphatic carbocycles. The number of hydrogen-bond acceptors (Lipinski definition) is 2. The van der Waals surface area contributed by atoms with Crippen molar-refractivity contribution >= 4 is 5.91 Å². The van der Waals surface area contributed by atoms with Crippen LogP contribution in [-0.2, 0) is 4.79 Å². The molecular formula is C15H30N2O. The zero-order valence-corrected chi connectivity index (χ0v) is 12.8. The van der Waals surface area contributed by atoms with Crippen molar-refractivity contribution in [1.29, 1.82) is 0 Å². The summed E-state index contributed by atoms with van der Waals surface area (Å²) in [6.45, 7) is 12.6. The van der Waals surface area contributed by atoms with Crippen LogP contribution in [0.3, 0.4) is 0 Å². The van der Waals surface area contributed by atoms with Gasteiger partial charge in [0.25, 0.3) is 0 Å². The Morgan fingerprint density at radius 1 is 1.22 bits per heavy atom. The summed E-state index contributed by atoms with van der Waals surface area (Å²) in [4.78, 5) is 14.3. The summed E-state index contributed by atoms with van der Waals surface area (Å²) < 4.78 is 0. The third-order valence-electron chi connectivity index (χ3n) is 4.26. The minimum Gasteiger partial charge on any atom is -0.341 e. The highest BCUT2D eigenvalue weighted by Crippen LogP contribution is 2.34. The molecule has 3 nitrogen and oxygen atoms in total. The van der Waals surface area contributed by atoms with Crippen molar-refractivity contribution < 1.29 is 4.79 Å². The summed E-state index contributed by atoms with van der Waals surface area (Å²) in [5.41, 5.74) is 5.81. The second-order valence-corrected chi connectivity index (χ2v) is 7.10. The molecule has 0 aromatic carbocycles. The predicted molar refractivity (Wildman–Crippen MR) is 76.3 cm³/mol. The SMILES string of the molecule is CCCC(C)(N)C(=O)N1CCC(C(C)(C)C)CC1. The Kier molecular flexibility index (Phi) is 4.82. The minimum absolute atomic E-state index is 0.136. The fraction of sp³-hybridized carbons (Fsp3) is 0.933. The van der Waals surface area contributed by atoms with Gasteiger partial charge < -0.3 is 10.6 Å². The van der Waals surface area contributed by atoms with E-state index in [0.29, 0.717) is 5.41 Å². The van der Waals surface area contributed by atoms with Gasteiger partial charge in [-0.2, -0.15) is 0 Å². The molecule has 3 heteroatoms. The number of amides is 1. The van der Waals surface area contributed by atoms with E-state index in [0.717, 1.165) is 44.7 Å². The van der Waals surface area contributed by atoms with E-state index in [4.69, 9.17) is 5.73 Å². The summed E-state index contributed by atoms with van der Waals surface area (Å²) >= 11 is 0. The molecule has 1 fully saturated rings. The maximum atomic E-state index is 12.4. The van der Waals surface area contributed by atoms with Crippen LogP contribution in [0.5, 0.6) is 0 Å². The molecule has 1 atom stereocenters. The van der Waals surface area contributed by atoms with Crippen molar-refractivity contribution in [3.8, 4) is 0 Å². The first-order valence-corrected chi connectivity index (χ1v) is 7.26. The fourth-order valence-corrected chi connectivity index (χ4v) is 2.94. The standard InChI is InChI=1S/C15H30N2O/c1-6-9-15(5,16)13(18)17-10-7-12(8-11-17)14(2,3)4/h12H,6-11,16H2,1-5H3. The lowest BCUT2D eigenvalue weighted by atomic mass is 9.75. The Hall–Kier alpha value is -0.570. The molecule has 1 aliphatic rings. The van der Waals surface area contributed by atoms with Crippen LogP contribution in [0.1, 0.15) is 60.3 Å². The van der Waals surface area contributed by atoms with Gasteiger partial charge in [-0.15, -0.1) is 0 Å². The Morgan fingerprint density at radius 3 is 2.11 bits per heavy atom. The van der Waals surface area contributed by atoms with Gasteiger partial charge in [0.1, 0.15) is 0 Å². The molecule has 1 saturated heterocycles. The van der Waals surface area contributed by atoms with Gasteiger partial charge in [0.05, 0.1) is 5.54 Å². The predicted octanol–water partition coefficient (Wildman–Crippen LogP) is 2.79. The molecule has 1 heterocycles. The van der Waals surface area contributed by atoms with E-state index < -0.39 is 5.54 Å². The molecule has 1 aliphatic heterocycles. The number of carbonyl (C=O) groups is 1. The average Bonchev–Trinajstić information content (AvgIpc) is 2.27. The number of nitrogens with two attached hydrogens (primary N) is 1. The van der Waals surface area contributed by atoms with E-state index in [1.54, 1.807) is 0 Å². The maximum absolute atomic E-state index is 12.4. The third-order valence-corrected chi connectivity index (χ3v) is 4.26. The minimum atomic E-state index is -0.677. The molecule has 0 spiro atoms. The summed E-state index contributed by atoms with van der Waals surface area (Å²) in [6, 6.07) is 0. The van der Waals surface area contributed by atoms with Crippen LogP contribution in [0.15, 0.2) is 0 Å². The van der Waals surface area contributed by atoms with Crippen molar-refractivity contribution in [3.05, 3.63) is 0 Å². The zero-order valence-electron chi connectivity index (χ0n) is 12.8. The first kappa shape index (κ1) is 15.5. The first-order valence-electron chi connectivity index (χ1n) is 7.26. The first-order chi connectivity index (χ1) is 8.18. The Labute approximate surface area is 112 Å². The molecule has 18 heavy (non-hydrogen) atoms. The number of hydrogen-bond donors (Lipinski definition) is 1. The van der Waals surface area contributed by atoms with Crippen molar-refractivity contribution in [3.63, 3.8) is 0 Å². The van der Waals surface area contributed by atoms with Crippen molar-refractivity contribution in [2.24, 2.45) is 17.1 Å². The normalized spacial score (nSPS) is 21.8. The van der Waals surface area contributed by atoms with Crippen LogP contribution < -0.4 is 5.73 Å². The summed E-state index contributed by atoms with van der Waals surface area (Å²) in [5.74, 6) is 0.855. The molecule has 2 N–H and O–H groups in total. The molecule has 1 amide bonds. The van der Waals surface area contributed by atoms with Gasteiger partial charge >= 0.3 is 0 Å². The van der Waals surface area contributed by atoms with Crippen molar-refractivity contribution in [1.82, 2.24) is 4.90 Å². The van der Waals surface area contributed by atoms with E-state index in [1.165, 1.54) is 0 Å². The largest absolute Gasteiger partial charge is 0.341 e. The third kappa shape index (κ3) is 3.71. The number of piperidine rings is 1. The summed E-state index contributed by atoms with van der Waals surface area (Å²) in [7, 11) is 0. The number of nitrogens with zero attached hydrogens (tertiary/aromatic N) is 1. The molecule has 1 unspecified atom stereocenters. The Balaban J connectivity index is 2.55. The molecule has 0 aromatic heterocycles. The number of carbonyl (C=O) groups excluding carboxylic acids is 1. The van der Waals surface area contributed by atoms with Crippen LogP contribution in [0.25, 0.3) is 0 Å². The van der Waals surface area contributed by atoms with Gasteiger partial charge in [0, 0.05) is 13.1 Å². The highest BCUT2D eigenvalue weighted by molar-refractivity contribution is 5.85. The van der Waals surface area contributed by atoms with Crippen molar-refractivity contribution in [2.45, 2.75) is 65.8 Å². The topological polar surface area (TPSA) is 46.3 Å². The van der Waals surface area contributed by atoms with E-state index in [-0.39, 0.29) is 5.91 Å². The molecule has 0 aromatic rings. The van der Waals surface area contributed by atoms with Gasteiger partial charge in [-0.1, -0.05) is 34.1 Å². The van der Waals surface area contributed by atoms with E-state index in [1.807, 2.05) is 11.8 Å². The molecule has 0 radical (unpaired) electrons. The van der Waals surface area contributed by atoms with E-state index in [9.17, 15) is 4.79 Å². The van der Waals surface area contributed by atoms with Crippen LogP contribution >= 0.6 is 0 Å². The lowest BCUT2D eigenvalue weighted by Gasteiger charge is -2.41. The smallest absolute Gasteiger partial charge is 0.242 e. The number of likely N-dealkylation sites (tertiary alicyclic amines) is 1. The van der Waals surface area contributed by atoms with Gasteiger partial charge in [-0.05, 0) is 37.5 Å². The van der Waals surface area contributed by atoms with E-state index >= 15 is 0 Å². The highest BCUT2D eigenvalue weighted by Gasteiger charge is 2.36. The second kappa shape index (κ2) is 5.60. The maximum Gasteiger partial charge on any atom is 0.242 e. The molecular weight excluding hydrogens is 224 g/mol. The summed E-state index contributed by atoms with van der Waals surface area (Å²) in [6.07, 6.45) is 3.94. The van der Waals surface area contributed by atoms with Gasteiger partial charge in [-0.3, -0.25) is 4.79 Å². The molecule has 106 valence electrons. The Bertz CT molecular complexity index is 283. The molecule has 1 rings (SSSR count). The fourth-order valence-electron chi connectivity index (χ4n) is 2.94. The van der Waals surface area contributed by atoms with Crippen LogP contribution in [0, 0.1) is 11.3 Å². The average molecular weight is 254 g/mol. The zero-order chi connectivity index (χ0) is 14.0. The van der Waals surface area contributed by atoms with Gasteiger partial charge in [0.2, 0.25) is 5.91 Å². The van der Waals surface area contributed by atoms with E-state index in [2.05, 4.69) is 27.7 Å². The lowest BCUT2D eigenvalue weighted by molar-refractivity contribution is -0.138. The highest BCUT2D eigenvalue weighted by atomic mass is 16.2. The lowest BCUT2D eigenvalue weighted by Crippen LogP contribution is -2.55. The van der Waals surface area contributed by atoms with Crippen LogP contribution in [0.4, 0.5) is 0 Å². The quantitative estimate of drug-likeness (QED) is 0.842. The van der Waals surface area contributed by atoms with Crippen LogP contribution in [-0.4, -0.2) is 29.4 Å². The van der Waals surface area contributed by atoms with Crippen molar-refractivity contribution in [2.75, 3.05) is 13.1 Å². The summed E-state index contributed by atoms with van der Waals surface area (Å²) in [5, 5.41) is 0. The Morgan fingerprint density at radius 2 is 1.72 bits per heavy atom. The number of rotatable bonds is 3.